The Balaban J connectivity index is 1.45. The molecule has 0 spiro atoms. The van der Waals surface area contributed by atoms with E-state index in [9.17, 15) is 9.59 Å². The number of hydrogen-bond acceptors (Lipinski definition) is 3. The van der Waals surface area contributed by atoms with Gasteiger partial charge in [-0.2, -0.15) is 0 Å². The van der Waals surface area contributed by atoms with Crippen molar-refractivity contribution in [1.29, 1.82) is 0 Å². The van der Waals surface area contributed by atoms with E-state index in [1.165, 1.54) is 0 Å². The third kappa shape index (κ3) is 5.83. The molecule has 1 saturated carbocycles. The van der Waals surface area contributed by atoms with Crippen molar-refractivity contribution in [2.75, 3.05) is 18.4 Å². The molecule has 0 radical (unpaired) electrons. The number of nitrogens with one attached hydrogen (secondary N) is 1. The van der Waals surface area contributed by atoms with Gasteiger partial charge in [0.15, 0.2) is 5.78 Å². The number of nitrogens with zero attached hydrogens (tertiary/aromatic N) is 1. The second kappa shape index (κ2) is 10.7. The lowest BCUT2D eigenvalue weighted by Gasteiger charge is -2.36. The van der Waals surface area contributed by atoms with Gasteiger partial charge in [-0.1, -0.05) is 76.7 Å². The van der Waals surface area contributed by atoms with E-state index in [4.69, 9.17) is 46.4 Å². The molecule has 1 aliphatic heterocycles. The van der Waals surface area contributed by atoms with Crippen LogP contribution in [-0.2, 0) is 16.0 Å². The van der Waals surface area contributed by atoms with Crippen molar-refractivity contribution in [3.05, 3.63) is 104 Å². The molecule has 2 aliphatic rings. The van der Waals surface area contributed by atoms with E-state index in [0.717, 1.165) is 29.7 Å². The zero-order valence-corrected chi connectivity index (χ0v) is 22.8. The van der Waals surface area contributed by atoms with Gasteiger partial charge in [-0.3, -0.25) is 9.59 Å². The van der Waals surface area contributed by atoms with E-state index in [2.05, 4.69) is 5.32 Å². The third-order valence-electron chi connectivity index (χ3n) is 6.84. The minimum absolute atomic E-state index is 0.00191. The average Bonchev–Trinajstić information content (AvgIpc) is 3.66. The fourth-order valence-electron chi connectivity index (χ4n) is 4.76. The number of benzene rings is 3. The van der Waals surface area contributed by atoms with Crippen molar-refractivity contribution in [1.82, 2.24) is 4.90 Å². The van der Waals surface area contributed by atoms with Gasteiger partial charge in [0.25, 0.3) is 0 Å². The second-order valence-corrected chi connectivity index (χ2v) is 11.2. The summed E-state index contributed by atoms with van der Waals surface area (Å²) >= 11 is 24.6. The lowest BCUT2D eigenvalue weighted by atomic mass is 9.86. The molecule has 4 nitrogen and oxygen atoms in total. The van der Waals surface area contributed by atoms with Crippen LogP contribution in [0.4, 0.5) is 5.69 Å². The van der Waals surface area contributed by atoms with Crippen LogP contribution in [0.25, 0.3) is 6.08 Å². The summed E-state index contributed by atoms with van der Waals surface area (Å²) in [5.41, 5.74) is 2.45. The summed E-state index contributed by atoms with van der Waals surface area (Å²) in [5.74, 6) is -0.415. The van der Waals surface area contributed by atoms with Crippen LogP contribution in [0.5, 0.6) is 0 Å². The molecule has 5 rings (SSSR count). The lowest BCUT2D eigenvalue weighted by molar-refractivity contribution is -0.136. The summed E-state index contributed by atoms with van der Waals surface area (Å²) in [7, 11) is 0. The number of hydrogen-bond donors (Lipinski definition) is 1. The summed E-state index contributed by atoms with van der Waals surface area (Å²) in [6, 6.07) is 20.3. The summed E-state index contributed by atoms with van der Waals surface area (Å²) in [6.07, 6.45) is 3.73. The first-order chi connectivity index (χ1) is 17.7. The molecule has 1 aliphatic carbocycles. The number of carbonyl (C=O) groups is 2. The fourth-order valence-corrected chi connectivity index (χ4v) is 5.39. The van der Waals surface area contributed by atoms with Crippen LogP contribution in [0.3, 0.4) is 0 Å². The molecular formula is C29H24Cl4N2O2. The van der Waals surface area contributed by atoms with Gasteiger partial charge in [-0.15, -0.1) is 0 Å². The Hall–Kier alpha value is -2.50. The zero-order valence-electron chi connectivity index (χ0n) is 19.8. The van der Waals surface area contributed by atoms with E-state index in [1.54, 1.807) is 35.2 Å². The van der Waals surface area contributed by atoms with Gasteiger partial charge < -0.3 is 10.2 Å². The van der Waals surface area contributed by atoms with Crippen LogP contribution < -0.4 is 5.32 Å². The highest BCUT2D eigenvalue weighted by atomic mass is 35.5. The Labute approximate surface area is 236 Å². The molecule has 1 atom stereocenters. The Morgan fingerprint density at radius 2 is 1.59 bits per heavy atom. The minimum Gasteiger partial charge on any atom is -0.371 e. The highest BCUT2D eigenvalue weighted by Gasteiger charge is 2.53. The van der Waals surface area contributed by atoms with E-state index in [1.807, 2.05) is 42.5 Å². The number of ketones is 1. The maximum atomic E-state index is 13.8. The average molecular weight is 574 g/mol. The van der Waals surface area contributed by atoms with Crippen molar-refractivity contribution in [3.8, 4) is 0 Å². The Morgan fingerprint density at radius 3 is 2.24 bits per heavy atom. The summed E-state index contributed by atoms with van der Waals surface area (Å²) in [6.45, 7) is 0.558. The maximum absolute atomic E-state index is 13.8. The molecule has 8 heteroatoms. The summed E-state index contributed by atoms with van der Waals surface area (Å²) in [5, 5.41) is 5.18. The number of piperidine rings is 1. The number of amides is 1. The van der Waals surface area contributed by atoms with Gasteiger partial charge >= 0.3 is 0 Å². The minimum atomic E-state index is -0.648. The predicted octanol–water partition coefficient (Wildman–Crippen LogP) is 7.60. The number of carbonyl (C=O) groups excluding carboxylic acids is 2. The Kier molecular flexibility index (Phi) is 7.56. The van der Waals surface area contributed by atoms with Crippen LogP contribution in [0.1, 0.15) is 24.0 Å². The standard InChI is InChI=1S/C29H24Cl4N2O2/c30-23-8-6-18(14-25(23)32)12-20-16-35(28(37)29(10-11-29)34-22-4-2-1-3-5-22)17-21(27(20)36)13-19-7-9-24(31)26(33)15-19/h1-9,12,14-15,21,34H,10-11,13,16-17H2/b20-12+. The van der Waals surface area contributed by atoms with Crippen LogP contribution >= 0.6 is 46.4 Å². The fraction of sp³-hybridized carbons (Fsp3) is 0.241. The van der Waals surface area contributed by atoms with Gasteiger partial charge in [-0.05, 0) is 72.9 Å². The molecule has 1 saturated heterocycles. The van der Waals surface area contributed by atoms with E-state index < -0.39 is 11.5 Å². The summed E-state index contributed by atoms with van der Waals surface area (Å²) < 4.78 is 0. The van der Waals surface area contributed by atoms with Crippen LogP contribution in [-0.4, -0.2) is 35.2 Å². The highest BCUT2D eigenvalue weighted by Crippen LogP contribution is 2.42. The van der Waals surface area contributed by atoms with Gasteiger partial charge in [0.05, 0.1) is 20.1 Å². The Morgan fingerprint density at radius 1 is 0.919 bits per heavy atom. The zero-order chi connectivity index (χ0) is 26.2. The van der Waals surface area contributed by atoms with Gasteiger partial charge in [-0.25, -0.2) is 0 Å². The largest absolute Gasteiger partial charge is 0.371 e. The van der Waals surface area contributed by atoms with Gasteiger partial charge in [0.2, 0.25) is 5.91 Å². The van der Waals surface area contributed by atoms with Crippen molar-refractivity contribution >= 4 is 69.9 Å². The number of anilines is 1. The van der Waals surface area contributed by atoms with E-state index in [0.29, 0.717) is 38.6 Å². The number of halogens is 4. The number of likely N-dealkylation sites (tertiary alicyclic amines) is 1. The van der Waals surface area contributed by atoms with E-state index >= 15 is 0 Å². The van der Waals surface area contributed by atoms with Gasteiger partial charge in [0, 0.05) is 30.3 Å². The number of rotatable bonds is 6. The van der Waals surface area contributed by atoms with Crippen molar-refractivity contribution in [2.45, 2.75) is 24.8 Å². The lowest BCUT2D eigenvalue weighted by Crippen LogP contribution is -2.52. The second-order valence-electron chi connectivity index (χ2n) is 9.62. The molecule has 190 valence electrons. The predicted molar refractivity (Wildman–Crippen MR) is 152 cm³/mol. The van der Waals surface area contributed by atoms with Crippen molar-refractivity contribution in [3.63, 3.8) is 0 Å². The topological polar surface area (TPSA) is 49.4 Å². The van der Waals surface area contributed by atoms with E-state index in [-0.39, 0.29) is 18.2 Å². The monoisotopic (exact) mass is 572 g/mol. The Bertz CT molecular complexity index is 1390. The SMILES string of the molecule is O=C1/C(=C/c2ccc(Cl)c(Cl)c2)CN(C(=O)C2(Nc3ccccc3)CC2)CC1Cc1ccc(Cl)c(Cl)c1. The van der Waals surface area contributed by atoms with Crippen molar-refractivity contribution in [2.24, 2.45) is 5.92 Å². The van der Waals surface area contributed by atoms with Gasteiger partial charge in [0.1, 0.15) is 5.54 Å². The molecule has 1 amide bonds. The van der Waals surface area contributed by atoms with Crippen LogP contribution in [0.2, 0.25) is 20.1 Å². The van der Waals surface area contributed by atoms with Crippen LogP contribution in [0.15, 0.2) is 72.3 Å². The molecule has 2 fully saturated rings. The van der Waals surface area contributed by atoms with Crippen LogP contribution in [0, 0.1) is 5.92 Å². The molecule has 3 aromatic rings. The molecule has 1 N–H and O–H groups in total. The molecule has 0 aromatic heterocycles. The maximum Gasteiger partial charge on any atom is 0.248 e. The first-order valence-electron chi connectivity index (χ1n) is 12.0. The molecule has 3 aromatic carbocycles. The first-order valence-corrected chi connectivity index (χ1v) is 13.5. The van der Waals surface area contributed by atoms with Crippen molar-refractivity contribution < 1.29 is 9.59 Å². The molecular weight excluding hydrogens is 550 g/mol. The summed E-state index contributed by atoms with van der Waals surface area (Å²) in [4.78, 5) is 29.3. The molecule has 37 heavy (non-hydrogen) atoms. The highest BCUT2D eigenvalue weighted by molar-refractivity contribution is 6.42. The smallest absolute Gasteiger partial charge is 0.248 e. The molecule has 0 bridgehead atoms. The first kappa shape index (κ1) is 26.1. The number of Topliss-reactive ketones (excluding diaryl/α,β-unsaturated/α-hetero) is 1. The molecule has 1 heterocycles. The quantitative estimate of drug-likeness (QED) is 0.309. The normalized spacial score (nSPS) is 19.7. The third-order valence-corrected chi connectivity index (χ3v) is 8.32. The molecule has 1 unspecified atom stereocenters. The number of para-hydroxylation sites is 1.